The molecule has 2 aliphatic rings. The second-order valence-corrected chi connectivity index (χ2v) is 16.7. The molecule has 5 aromatic rings. The summed E-state index contributed by atoms with van der Waals surface area (Å²) < 4.78 is 2.45. The zero-order valence-electron chi connectivity index (χ0n) is 29.7. The van der Waals surface area contributed by atoms with Crippen LogP contribution in [0.3, 0.4) is 0 Å². The van der Waals surface area contributed by atoms with E-state index in [1.807, 2.05) is 30.6 Å². The molecule has 0 radical (unpaired) electrons. The summed E-state index contributed by atoms with van der Waals surface area (Å²) in [6.45, 7) is 9.80. The van der Waals surface area contributed by atoms with E-state index in [0.29, 0.717) is 35.1 Å². The maximum atomic E-state index is 13.2. The largest absolute Gasteiger partial charge is 0.397 e. The van der Waals surface area contributed by atoms with E-state index in [1.54, 1.807) is 16.8 Å². The number of aryl methyl sites for hydroxylation is 2. The van der Waals surface area contributed by atoms with Crippen molar-refractivity contribution in [1.82, 2.24) is 19.5 Å². The van der Waals surface area contributed by atoms with E-state index < -0.39 is 0 Å². The second-order valence-electron chi connectivity index (χ2n) is 15.0. The molecule has 3 aromatic heterocycles. The second kappa shape index (κ2) is 14.7. The summed E-state index contributed by atoms with van der Waals surface area (Å²) in [6, 6.07) is 13.1. The molecule has 3 heterocycles. The quantitative estimate of drug-likeness (QED) is 0.0897. The Hall–Kier alpha value is -3.96. The van der Waals surface area contributed by atoms with Crippen molar-refractivity contribution in [2.75, 3.05) is 21.7 Å². The zero-order valence-corrected chi connectivity index (χ0v) is 31.4. The maximum absolute atomic E-state index is 13.2. The van der Waals surface area contributed by atoms with E-state index in [0.717, 1.165) is 64.8 Å². The van der Waals surface area contributed by atoms with Crippen molar-refractivity contribution >= 4 is 61.0 Å². The number of amides is 1. The number of imidazole rings is 1. The third-order valence-corrected chi connectivity index (χ3v) is 12.6. The molecule has 0 aliphatic heterocycles. The molecule has 5 N–H and O–H groups in total. The number of nitrogen functional groups attached to an aromatic ring is 1. The van der Waals surface area contributed by atoms with Gasteiger partial charge in [-0.25, -0.2) is 15.0 Å². The number of nitrogens with two attached hydrogens (primary N) is 1. The first kappa shape index (κ1) is 34.5. The lowest BCUT2D eigenvalue weighted by atomic mass is 9.80. The number of aromatic nitrogens is 4. The Kier molecular flexibility index (Phi) is 10.2. The molecule has 7 rings (SSSR count). The van der Waals surface area contributed by atoms with Gasteiger partial charge in [-0.05, 0) is 112 Å². The van der Waals surface area contributed by atoms with E-state index in [4.69, 9.17) is 15.7 Å². The number of nitrogens with zero attached hydrogens (tertiary/aromatic N) is 4. The molecule has 2 saturated carbocycles. The normalized spacial score (nSPS) is 19.2. The van der Waals surface area contributed by atoms with Gasteiger partial charge in [0.25, 0.3) is 5.91 Å². The van der Waals surface area contributed by atoms with Crippen LogP contribution in [0.5, 0.6) is 0 Å². The molecular weight excluding hydrogens is 661 g/mol. The van der Waals surface area contributed by atoms with Gasteiger partial charge in [-0.15, -0.1) is 22.7 Å². The molecule has 0 spiro atoms. The lowest BCUT2D eigenvalue weighted by molar-refractivity contribution is 0.102. The van der Waals surface area contributed by atoms with Crippen molar-refractivity contribution in [3.63, 3.8) is 0 Å². The maximum Gasteiger partial charge on any atom is 0.277 e. The Morgan fingerprint density at radius 1 is 0.960 bits per heavy atom. The minimum atomic E-state index is -0.238. The number of anilines is 4. The number of carbonyl (C=O) groups excluding carboxylic acids is 1. The van der Waals surface area contributed by atoms with Gasteiger partial charge in [0.2, 0.25) is 0 Å². The van der Waals surface area contributed by atoms with Gasteiger partial charge in [0.05, 0.1) is 33.4 Å². The molecule has 2 aromatic carbocycles. The summed E-state index contributed by atoms with van der Waals surface area (Å²) in [5.41, 5.74) is 17.0. The predicted octanol–water partition coefficient (Wildman–Crippen LogP) is 9.90. The highest BCUT2D eigenvalue weighted by Crippen LogP contribution is 2.41. The molecule has 50 heavy (non-hydrogen) atoms. The minimum absolute atomic E-state index is 0.106. The number of hydrogen-bond donors (Lipinski definition) is 4. The highest BCUT2D eigenvalue weighted by atomic mass is 32.1. The van der Waals surface area contributed by atoms with Gasteiger partial charge in [-0.3, -0.25) is 4.79 Å². The number of hydrogen-bond acceptors (Lipinski definition) is 9. The van der Waals surface area contributed by atoms with E-state index in [9.17, 15) is 4.79 Å². The van der Waals surface area contributed by atoms with E-state index in [2.05, 4.69) is 64.5 Å². The molecule has 1 amide bonds. The third kappa shape index (κ3) is 7.54. The van der Waals surface area contributed by atoms with E-state index in [-0.39, 0.29) is 11.3 Å². The molecule has 3 unspecified atom stereocenters. The van der Waals surface area contributed by atoms with Crippen LogP contribution >= 0.6 is 22.7 Å². The van der Waals surface area contributed by atoms with Crippen LogP contribution in [0.25, 0.3) is 22.6 Å². The minimum Gasteiger partial charge on any atom is -0.397 e. The van der Waals surface area contributed by atoms with Gasteiger partial charge in [0.15, 0.2) is 11.5 Å². The van der Waals surface area contributed by atoms with Crippen LogP contribution in [0, 0.1) is 25.2 Å². The van der Waals surface area contributed by atoms with Crippen molar-refractivity contribution in [3.05, 3.63) is 64.2 Å². The molecule has 3 atom stereocenters. The van der Waals surface area contributed by atoms with E-state index in [1.165, 1.54) is 60.9 Å². The van der Waals surface area contributed by atoms with Crippen molar-refractivity contribution in [2.45, 2.75) is 111 Å². The van der Waals surface area contributed by atoms with Crippen molar-refractivity contribution in [1.29, 1.82) is 0 Å². The van der Waals surface area contributed by atoms with Crippen LogP contribution in [0.15, 0.2) is 47.4 Å². The van der Waals surface area contributed by atoms with Crippen LogP contribution in [0.1, 0.15) is 99.7 Å². The van der Waals surface area contributed by atoms with Crippen LogP contribution in [0.2, 0.25) is 0 Å². The molecule has 0 bridgehead atoms. The Bertz CT molecular complexity index is 1960. The number of nitrogens with one attached hydrogen (secondary N) is 3. The fourth-order valence-corrected chi connectivity index (χ4v) is 9.30. The molecule has 0 saturated heterocycles. The standard InChI is InChI=1S/C39H50N8OS2/c1-5-39(4,21-47-32-15-11-25(3)19-31(32)45-35(47)33-37(49-22-41-33)43-27-8-6-7-9-27)17-16-26-12-13-28(20-26)44-38-34(42-23-50-38)36(48)46-30-14-10-24(2)18-29(30)40/h10-11,14-15,18-19,22-23,26-28,43-44H,5-9,12-13,16-17,20-21,40H2,1-4H3,(H,46,48). The van der Waals surface area contributed by atoms with E-state index >= 15 is 0 Å². The van der Waals surface area contributed by atoms with Crippen LogP contribution in [-0.2, 0) is 6.54 Å². The zero-order chi connectivity index (χ0) is 34.8. The summed E-state index contributed by atoms with van der Waals surface area (Å²) in [5, 5.41) is 12.4. The van der Waals surface area contributed by atoms with Gasteiger partial charge in [0, 0.05) is 18.6 Å². The SMILES string of the molecule is CCC(C)(CCC1CCC(Nc2scnc2C(=O)Nc2ccc(C)cc2N)C1)Cn1c(-c2ncsc2NC2CCCC2)nc2cc(C)ccc21. The fraction of sp³-hybridized carbons (Fsp3) is 0.487. The monoisotopic (exact) mass is 710 g/mol. The average Bonchev–Trinajstić information content (AvgIpc) is 3.94. The van der Waals surface area contributed by atoms with Crippen LogP contribution in [-0.4, -0.2) is 37.5 Å². The highest BCUT2D eigenvalue weighted by Gasteiger charge is 2.32. The number of rotatable bonds is 13. The Morgan fingerprint density at radius 2 is 1.70 bits per heavy atom. The summed E-state index contributed by atoms with van der Waals surface area (Å²) in [4.78, 5) is 27.7. The summed E-state index contributed by atoms with van der Waals surface area (Å²) in [7, 11) is 0. The van der Waals surface area contributed by atoms with Gasteiger partial charge in [-0.1, -0.05) is 38.8 Å². The number of fused-ring (bicyclic) bond motifs is 1. The Balaban J connectivity index is 1.01. The molecule has 2 fully saturated rings. The van der Waals surface area contributed by atoms with Gasteiger partial charge < -0.3 is 26.3 Å². The summed E-state index contributed by atoms with van der Waals surface area (Å²) in [6.07, 6.45) is 11.8. The van der Waals surface area contributed by atoms with Crippen molar-refractivity contribution < 1.29 is 4.79 Å². The fourth-order valence-electron chi connectivity index (χ4n) is 7.79. The van der Waals surface area contributed by atoms with Gasteiger partial charge in [-0.2, -0.15) is 0 Å². The molecule has 11 heteroatoms. The lowest BCUT2D eigenvalue weighted by Gasteiger charge is -2.31. The smallest absolute Gasteiger partial charge is 0.277 e. The number of thiazole rings is 2. The summed E-state index contributed by atoms with van der Waals surface area (Å²) in [5.74, 6) is 1.38. The lowest BCUT2D eigenvalue weighted by Crippen LogP contribution is -2.24. The molecular formula is C39H50N8OS2. The molecule has 2 aliphatic carbocycles. The molecule has 9 nitrogen and oxygen atoms in total. The first-order chi connectivity index (χ1) is 24.2. The highest BCUT2D eigenvalue weighted by molar-refractivity contribution is 7.14. The first-order valence-electron chi connectivity index (χ1n) is 18.2. The van der Waals surface area contributed by atoms with Gasteiger partial charge >= 0.3 is 0 Å². The molecule has 264 valence electrons. The van der Waals surface area contributed by atoms with Gasteiger partial charge in [0.1, 0.15) is 15.7 Å². The summed E-state index contributed by atoms with van der Waals surface area (Å²) >= 11 is 3.18. The first-order valence-corrected chi connectivity index (χ1v) is 20.0. The number of benzene rings is 2. The third-order valence-electron chi connectivity index (χ3n) is 11.0. The van der Waals surface area contributed by atoms with Crippen molar-refractivity contribution in [3.8, 4) is 11.5 Å². The van der Waals surface area contributed by atoms with Crippen molar-refractivity contribution in [2.24, 2.45) is 11.3 Å². The number of carbonyl (C=O) groups is 1. The predicted molar refractivity (Wildman–Crippen MR) is 209 cm³/mol. The Labute approximate surface area is 303 Å². The van der Waals surface area contributed by atoms with Crippen LogP contribution in [0.4, 0.5) is 21.4 Å². The average molecular weight is 711 g/mol. The van der Waals surface area contributed by atoms with Crippen LogP contribution < -0.4 is 21.7 Å². The Morgan fingerprint density at radius 3 is 2.50 bits per heavy atom. The topological polar surface area (TPSA) is 123 Å².